The molecule has 1 atom stereocenters. The summed E-state index contributed by atoms with van der Waals surface area (Å²) >= 11 is 0. The molecular weight excluding hydrogens is 300 g/mol. The van der Waals surface area contributed by atoms with Gasteiger partial charge in [-0.05, 0) is 38.2 Å². The Balaban J connectivity index is 1.54. The fourth-order valence-corrected chi connectivity index (χ4v) is 3.77. The van der Waals surface area contributed by atoms with E-state index in [1.165, 1.54) is 12.0 Å². The third-order valence-corrected chi connectivity index (χ3v) is 5.31. The van der Waals surface area contributed by atoms with Crippen LogP contribution in [-0.4, -0.2) is 61.1 Å². The van der Waals surface area contributed by atoms with Gasteiger partial charge in [0.2, 0.25) is 5.91 Å². The number of ether oxygens (including phenoxy) is 1. The maximum absolute atomic E-state index is 12.8. The molecule has 132 valence electrons. The van der Waals surface area contributed by atoms with E-state index < -0.39 is 0 Å². The van der Waals surface area contributed by atoms with Gasteiger partial charge in [0.25, 0.3) is 0 Å². The van der Waals surface area contributed by atoms with E-state index in [0.717, 1.165) is 64.2 Å². The number of aryl methyl sites for hydroxylation is 1. The third kappa shape index (κ3) is 4.81. The molecule has 2 aliphatic rings. The number of likely N-dealkylation sites (tertiary alicyclic amines) is 1. The van der Waals surface area contributed by atoms with Gasteiger partial charge in [-0.3, -0.25) is 9.69 Å². The Hall–Kier alpha value is -1.39. The van der Waals surface area contributed by atoms with Gasteiger partial charge < -0.3 is 9.64 Å². The fourth-order valence-electron chi connectivity index (χ4n) is 3.77. The van der Waals surface area contributed by atoms with Gasteiger partial charge in [0.15, 0.2) is 0 Å². The lowest BCUT2D eigenvalue weighted by atomic mass is 9.97. The second-order valence-corrected chi connectivity index (χ2v) is 7.14. The zero-order chi connectivity index (χ0) is 16.8. The number of piperidine rings is 1. The second kappa shape index (κ2) is 8.63. The number of hydrogen-bond acceptors (Lipinski definition) is 3. The predicted molar refractivity (Wildman–Crippen MR) is 96.1 cm³/mol. The molecule has 0 radical (unpaired) electrons. The summed E-state index contributed by atoms with van der Waals surface area (Å²) < 4.78 is 5.42. The highest BCUT2D eigenvalue weighted by Crippen LogP contribution is 2.21. The first kappa shape index (κ1) is 17.4. The van der Waals surface area contributed by atoms with E-state index in [4.69, 9.17) is 4.74 Å². The van der Waals surface area contributed by atoms with Crippen LogP contribution >= 0.6 is 0 Å². The third-order valence-electron chi connectivity index (χ3n) is 5.31. The Labute approximate surface area is 145 Å². The monoisotopic (exact) mass is 330 g/mol. The van der Waals surface area contributed by atoms with Gasteiger partial charge in [0.05, 0.1) is 19.6 Å². The van der Waals surface area contributed by atoms with Gasteiger partial charge in [-0.2, -0.15) is 0 Å². The Bertz CT molecular complexity index is 523. The lowest BCUT2D eigenvalue weighted by molar-refractivity contribution is -0.134. The highest BCUT2D eigenvalue weighted by Gasteiger charge is 2.27. The van der Waals surface area contributed by atoms with Crippen LogP contribution in [0.2, 0.25) is 0 Å². The minimum Gasteiger partial charge on any atom is -0.379 e. The minimum absolute atomic E-state index is 0.297. The van der Waals surface area contributed by atoms with Crippen molar-refractivity contribution in [3.63, 3.8) is 0 Å². The number of amides is 1. The first-order valence-electron chi connectivity index (χ1n) is 9.37. The quantitative estimate of drug-likeness (QED) is 0.832. The highest BCUT2D eigenvalue weighted by atomic mass is 16.5. The van der Waals surface area contributed by atoms with Gasteiger partial charge in [0, 0.05) is 32.2 Å². The first-order valence-corrected chi connectivity index (χ1v) is 9.37. The number of carbonyl (C=O) groups excluding carboxylic acids is 1. The summed E-state index contributed by atoms with van der Waals surface area (Å²) in [6.45, 7) is 7.86. The minimum atomic E-state index is 0.297. The van der Waals surface area contributed by atoms with Crippen molar-refractivity contribution in [2.75, 3.05) is 39.4 Å². The smallest absolute Gasteiger partial charge is 0.227 e. The normalized spacial score (nSPS) is 22.5. The van der Waals surface area contributed by atoms with Crippen molar-refractivity contribution in [1.29, 1.82) is 0 Å². The van der Waals surface area contributed by atoms with Crippen LogP contribution in [0.3, 0.4) is 0 Å². The maximum Gasteiger partial charge on any atom is 0.227 e. The van der Waals surface area contributed by atoms with Gasteiger partial charge in [-0.15, -0.1) is 0 Å². The number of nitrogens with zero attached hydrogens (tertiary/aromatic N) is 2. The average Bonchev–Trinajstić information content (AvgIpc) is 2.63. The standard InChI is InChI=1S/C20H30N2O2/c1-17-5-7-18(8-6-17)16-20(23)22-10-3-2-4-19(22)9-11-21-12-14-24-15-13-21/h5-8,19H,2-4,9-16H2,1H3/t19-/m0/s1. The van der Waals surface area contributed by atoms with Crippen LogP contribution in [0.25, 0.3) is 0 Å². The summed E-state index contributed by atoms with van der Waals surface area (Å²) in [5.74, 6) is 0.297. The molecule has 1 aromatic carbocycles. The number of hydrogen-bond donors (Lipinski definition) is 0. The molecule has 2 heterocycles. The second-order valence-electron chi connectivity index (χ2n) is 7.14. The SMILES string of the molecule is Cc1ccc(CC(=O)N2CCCC[C@H]2CCN2CCOCC2)cc1. The van der Waals surface area contributed by atoms with Crippen molar-refractivity contribution in [3.8, 4) is 0 Å². The number of morpholine rings is 1. The van der Waals surface area contributed by atoms with E-state index in [1.807, 2.05) is 0 Å². The molecule has 24 heavy (non-hydrogen) atoms. The largest absolute Gasteiger partial charge is 0.379 e. The van der Waals surface area contributed by atoms with Crippen molar-refractivity contribution < 1.29 is 9.53 Å². The lowest BCUT2D eigenvalue weighted by Crippen LogP contribution is -2.46. The van der Waals surface area contributed by atoms with Crippen LogP contribution in [-0.2, 0) is 16.0 Å². The molecule has 1 amide bonds. The van der Waals surface area contributed by atoms with E-state index >= 15 is 0 Å². The van der Waals surface area contributed by atoms with E-state index in [1.54, 1.807) is 0 Å². The molecule has 2 saturated heterocycles. The van der Waals surface area contributed by atoms with E-state index in [2.05, 4.69) is 41.0 Å². The summed E-state index contributed by atoms with van der Waals surface area (Å²) in [6.07, 6.45) is 5.19. The Kier molecular flexibility index (Phi) is 6.27. The molecule has 0 unspecified atom stereocenters. The summed E-state index contributed by atoms with van der Waals surface area (Å²) in [5, 5.41) is 0. The van der Waals surface area contributed by atoms with Gasteiger partial charge in [0.1, 0.15) is 0 Å². The van der Waals surface area contributed by atoms with Crippen molar-refractivity contribution >= 4 is 5.91 Å². The van der Waals surface area contributed by atoms with Gasteiger partial charge in [-0.25, -0.2) is 0 Å². The molecule has 2 fully saturated rings. The molecule has 0 bridgehead atoms. The summed E-state index contributed by atoms with van der Waals surface area (Å²) in [5.41, 5.74) is 2.37. The fraction of sp³-hybridized carbons (Fsp3) is 0.650. The van der Waals surface area contributed by atoms with Crippen LogP contribution in [0.1, 0.15) is 36.8 Å². The van der Waals surface area contributed by atoms with E-state index in [0.29, 0.717) is 18.4 Å². The average molecular weight is 330 g/mol. The zero-order valence-electron chi connectivity index (χ0n) is 14.9. The number of carbonyl (C=O) groups is 1. The maximum atomic E-state index is 12.8. The first-order chi connectivity index (χ1) is 11.7. The number of benzene rings is 1. The Morgan fingerprint density at radius 3 is 2.62 bits per heavy atom. The molecule has 2 aliphatic heterocycles. The molecule has 0 aliphatic carbocycles. The summed E-state index contributed by atoms with van der Waals surface area (Å²) in [6, 6.07) is 8.77. The van der Waals surface area contributed by atoms with Crippen molar-refractivity contribution in [2.24, 2.45) is 0 Å². The highest BCUT2D eigenvalue weighted by molar-refractivity contribution is 5.79. The molecule has 4 heteroatoms. The molecule has 0 saturated carbocycles. The van der Waals surface area contributed by atoms with Crippen molar-refractivity contribution in [3.05, 3.63) is 35.4 Å². The topological polar surface area (TPSA) is 32.8 Å². The van der Waals surface area contributed by atoms with Gasteiger partial charge in [-0.1, -0.05) is 29.8 Å². The molecule has 0 spiro atoms. The summed E-state index contributed by atoms with van der Waals surface area (Å²) in [4.78, 5) is 17.4. The van der Waals surface area contributed by atoms with Crippen LogP contribution in [0.5, 0.6) is 0 Å². The van der Waals surface area contributed by atoms with Crippen molar-refractivity contribution in [1.82, 2.24) is 9.80 Å². The molecular formula is C20H30N2O2. The van der Waals surface area contributed by atoms with E-state index in [-0.39, 0.29) is 0 Å². The molecule has 4 nitrogen and oxygen atoms in total. The Morgan fingerprint density at radius 2 is 1.88 bits per heavy atom. The van der Waals surface area contributed by atoms with Crippen LogP contribution in [0.4, 0.5) is 0 Å². The predicted octanol–water partition coefficient (Wildman–Crippen LogP) is 2.64. The van der Waals surface area contributed by atoms with Crippen LogP contribution < -0.4 is 0 Å². The molecule has 3 rings (SSSR count). The van der Waals surface area contributed by atoms with E-state index in [9.17, 15) is 4.79 Å². The van der Waals surface area contributed by atoms with Crippen LogP contribution in [0, 0.1) is 6.92 Å². The van der Waals surface area contributed by atoms with Gasteiger partial charge >= 0.3 is 0 Å². The molecule has 1 aromatic rings. The van der Waals surface area contributed by atoms with Crippen molar-refractivity contribution in [2.45, 2.75) is 45.1 Å². The summed E-state index contributed by atoms with van der Waals surface area (Å²) in [7, 11) is 0. The number of rotatable bonds is 5. The zero-order valence-corrected chi connectivity index (χ0v) is 14.9. The van der Waals surface area contributed by atoms with Crippen LogP contribution in [0.15, 0.2) is 24.3 Å². The molecule has 0 aromatic heterocycles. The lowest BCUT2D eigenvalue weighted by Gasteiger charge is -2.37. The Morgan fingerprint density at radius 1 is 1.12 bits per heavy atom. The molecule has 0 N–H and O–H groups in total.